The van der Waals surface area contributed by atoms with E-state index < -0.39 is 0 Å². The third-order valence-corrected chi connectivity index (χ3v) is 2.89. The van der Waals surface area contributed by atoms with Crippen molar-refractivity contribution in [3.8, 4) is 5.75 Å². The molecule has 0 saturated carbocycles. The van der Waals surface area contributed by atoms with E-state index in [1.807, 2.05) is 13.0 Å². The molecule has 2 rings (SSSR count). The smallest absolute Gasteiger partial charge is 0.262 e. The van der Waals surface area contributed by atoms with Gasteiger partial charge in [0.15, 0.2) is 6.61 Å². The van der Waals surface area contributed by atoms with Crippen LogP contribution in [0.3, 0.4) is 0 Å². The molecule has 0 radical (unpaired) electrons. The highest BCUT2D eigenvalue weighted by atomic mass is 32.1. The molecule has 1 amide bonds. The van der Waals surface area contributed by atoms with E-state index in [4.69, 9.17) is 22.7 Å². The molecule has 0 aliphatic carbocycles. The van der Waals surface area contributed by atoms with Crippen LogP contribution < -0.4 is 15.8 Å². The number of carbonyl (C=O) groups excluding carboxylic acids is 1. The quantitative estimate of drug-likeness (QED) is 0.826. The van der Waals surface area contributed by atoms with Crippen molar-refractivity contribution in [1.29, 1.82) is 0 Å². The summed E-state index contributed by atoms with van der Waals surface area (Å²) in [6.45, 7) is 1.77. The second-order valence-electron chi connectivity index (χ2n) is 4.45. The van der Waals surface area contributed by atoms with E-state index in [0.717, 1.165) is 5.56 Å². The number of hydrogen-bond donors (Lipinski definition) is 2. The minimum absolute atomic E-state index is 0.131. The molecule has 21 heavy (non-hydrogen) atoms. The van der Waals surface area contributed by atoms with E-state index >= 15 is 0 Å². The van der Waals surface area contributed by atoms with Gasteiger partial charge in [-0.2, -0.15) is 0 Å². The van der Waals surface area contributed by atoms with Crippen molar-refractivity contribution in [2.24, 2.45) is 5.73 Å². The van der Waals surface area contributed by atoms with Crippen molar-refractivity contribution >= 4 is 28.8 Å². The lowest BCUT2D eigenvalue weighted by atomic mass is 10.2. The van der Waals surface area contributed by atoms with Crippen LogP contribution in [0.4, 0.5) is 5.69 Å². The van der Waals surface area contributed by atoms with Gasteiger partial charge in [-0.3, -0.25) is 9.78 Å². The Hall–Kier alpha value is -2.47. The number of rotatable bonds is 5. The summed E-state index contributed by atoms with van der Waals surface area (Å²) in [6, 6.07) is 8.89. The monoisotopic (exact) mass is 301 g/mol. The second-order valence-corrected chi connectivity index (χ2v) is 4.89. The number of para-hydroxylation sites is 1. The van der Waals surface area contributed by atoms with Crippen LogP contribution in [0.2, 0.25) is 0 Å². The molecular weight excluding hydrogens is 286 g/mol. The maximum absolute atomic E-state index is 11.9. The number of amides is 1. The number of aromatic nitrogens is 1. The Labute approximate surface area is 128 Å². The van der Waals surface area contributed by atoms with Gasteiger partial charge in [-0.1, -0.05) is 24.4 Å². The highest BCUT2D eigenvalue weighted by molar-refractivity contribution is 7.80. The maximum Gasteiger partial charge on any atom is 0.262 e. The van der Waals surface area contributed by atoms with Crippen LogP contribution >= 0.6 is 12.2 Å². The minimum atomic E-state index is -0.278. The summed E-state index contributed by atoms with van der Waals surface area (Å²) in [6.07, 6.45) is 3.29. The number of hydrogen-bond acceptors (Lipinski definition) is 4. The van der Waals surface area contributed by atoms with E-state index in [9.17, 15) is 4.79 Å². The first-order chi connectivity index (χ1) is 10.1. The van der Waals surface area contributed by atoms with E-state index in [1.165, 1.54) is 0 Å². The summed E-state index contributed by atoms with van der Waals surface area (Å²) in [4.78, 5) is 16.1. The SMILES string of the molecule is Cc1cncc(NC(=O)COc2ccccc2C(N)=S)c1. The Bertz CT molecular complexity index is 673. The van der Waals surface area contributed by atoms with Crippen LogP contribution in [-0.4, -0.2) is 22.5 Å². The first kappa shape index (κ1) is 14.9. The minimum Gasteiger partial charge on any atom is -0.483 e. The van der Waals surface area contributed by atoms with E-state index in [2.05, 4.69) is 10.3 Å². The maximum atomic E-state index is 11.9. The van der Waals surface area contributed by atoms with Crippen molar-refractivity contribution in [3.63, 3.8) is 0 Å². The van der Waals surface area contributed by atoms with Crippen molar-refractivity contribution in [1.82, 2.24) is 4.98 Å². The standard InChI is InChI=1S/C15H15N3O2S/c1-10-6-11(8-17-7-10)18-14(19)9-20-13-5-3-2-4-12(13)15(16)21/h2-8H,9H2,1H3,(H2,16,21)(H,18,19). The highest BCUT2D eigenvalue weighted by Gasteiger charge is 2.08. The average molecular weight is 301 g/mol. The Morgan fingerprint density at radius 2 is 2.14 bits per heavy atom. The van der Waals surface area contributed by atoms with Gasteiger partial charge in [0.05, 0.1) is 17.4 Å². The Kier molecular flexibility index (Phi) is 4.84. The first-order valence-electron chi connectivity index (χ1n) is 6.29. The predicted octanol–water partition coefficient (Wildman–Crippen LogP) is 2.04. The molecular formula is C15H15N3O2S. The molecule has 5 nitrogen and oxygen atoms in total. The fourth-order valence-corrected chi connectivity index (χ4v) is 1.93. The molecule has 0 aliphatic heterocycles. The first-order valence-corrected chi connectivity index (χ1v) is 6.70. The molecule has 0 saturated heterocycles. The lowest BCUT2D eigenvalue weighted by Gasteiger charge is -2.10. The van der Waals surface area contributed by atoms with Gasteiger partial charge in [-0.05, 0) is 30.7 Å². The number of thiocarbonyl (C=S) groups is 1. The van der Waals surface area contributed by atoms with Gasteiger partial charge in [0.1, 0.15) is 10.7 Å². The molecule has 3 N–H and O–H groups in total. The number of pyridine rings is 1. The van der Waals surface area contributed by atoms with Gasteiger partial charge in [0.2, 0.25) is 0 Å². The lowest BCUT2D eigenvalue weighted by molar-refractivity contribution is -0.118. The van der Waals surface area contributed by atoms with Crippen LogP contribution in [-0.2, 0) is 4.79 Å². The topological polar surface area (TPSA) is 77.2 Å². The fraction of sp³-hybridized carbons (Fsp3) is 0.133. The normalized spacial score (nSPS) is 9.95. The number of benzene rings is 1. The van der Waals surface area contributed by atoms with Crippen molar-refractivity contribution in [2.45, 2.75) is 6.92 Å². The van der Waals surface area contributed by atoms with Gasteiger partial charge < -0.3 is 15.8 Å². The summed E-state index contributed by atoms with van der Waals surface area (Å²) in [7, 11) is 0. The zero-order chi connectivity index (χ0) is 15.2. The van der Waals surface area contributed by atoms with E-state index in [0.29, 0.717) is 17.0 Å². The Morgan fingerprint density at radius 3 is 2.86 bits per heavy atom. The summed E-state index contributed by atoms with van der Waals surface area (Å²) in [5, 5.41) is 2.71. The number of carbonyl (C=O) groups is 1. The summed E-state index contributed by atoms with van der Waals surface area (Å²) >= 11 is 4.94. The third-order valence-electron chi connectivity index (χ3n) is 2.67. The van der Waals surface area contributed by atoms with Gasteiger partial charge in [-0.15, -0.1) is 0 Å². The van der Waals surface area contributed by atoms with Crippen molar-refractivity contribution in [3.05, 3.63) is 53.9 Å². The number of anilines is 1. The molecule has 0 unspecified atom stereocenters. The number of ether oxygens (including phenoxy) is 1. The molecule has 108 valence electrons. The molecule has 0 aliphatic rings. The molecule has 1 aromatic heterocycles. The molecule has 0 fully saturated rings. The zero-order valence-electron chi connectivity index (χ0n) is 11.5. The molecule has 6 heteroatoms. The average Bonchev–Trinajstić information content (AvgIpc) is 2.45. The molecule has 1 aromatic carbocycles. The van der Waals surface area contributed by atoms with E-state index in [1.54, 1.807) is 36.7 Å². The van der Waals surface area contributed by atoms with Gasteiger partial charge in [0, 0.05) is 6.20 Å². The molecule has 1 heterocycles. The van der Waals surface area contributed by atoms with Crippen LogP contribution in [0.15, 0.2) is 42.7 Å². The summed E-state index contributed by atoms with van der Waals surface area (Å²) < 4.78 is 5.46. The molecule has 2 aromatic rings. The fourth-order valence-electron chi connectivity index (χ4n) is 1.76. The summed E-state index contributed by atoms with van der Waals surface area (Å²) in [5.74, 6) is 0.211. The zero-order valence-corrected chi connectivity index (χ0v) is 12.3. The van der Waals surface area contributed by atoms with E-state index in [-0.39, 0.29) is 17.5 Å². The molecule has 0 bridgehead atoms. The number of nitrogens with one attached hydrogen (secondary N) is 1. The Morgan fingerprint density at radius 1 is 1.38 bits per heavy atom. The van der Waals surface area contributed by atoms with Crippen molar-refractivity contribution < 1.29 is 9.53 Å². The van der Waals surface area contributed by atoms with Crippen LogP contribution in [0, 0.1) is 6.92 Å². The van der Waals surface area contributed by atoms with Crippen LogP contribution in [0.25, 0.3) is 0 Å². The predicted molar refractivity (Wildman–Crippen MR) is 85.4 cm³/mol. The summed E-state index contributed by atoms with van der Waals surface area (Å²) in [5.41, 5.74) is 7.81. The van der Waals surface area contributed by atoms with Gasteiger partial charge >= 0.3 is 0 Å². The number of aryl methyl sites for hydroxylation is 1. The largest absolute Gasteiger partial charge is 0.483 e. The lowest BCUT2D eigenvalue weighted by Crippen LogP contribution is -2.21. The second kappa shape index (κ2) is 6.81. The third kappa shape index (κ3) is 4.25. The number of nitrogens with zero attached hydrogens (tertiary/aromatic N) is 1. The molecule has 0 spiro atoms. The van der Waals surface area contributed by atoms with Gasteiger partial charge in [0.25, 0.3) is 5.91 Å². The van der Waals surface area contributed by atoms with Crippen molar-refractivity contribution in [2.75, 3.05) is 11.9 Å². The Balaban J connectivity index is 1.97. The number of nitrogens with two attached hydrogens (primary N) is 1. The van der Waals surface area contributed by atoms with Crippen LogP contribution in [0.1, 0.15) is 11.1 Å². The highest BCUT2D eigenvalue weighted by Crippen LogP contribution is 2.17. The van der Waals surface area contributed by atoms with Crippen LogP contribution in [0.5, 0.6) is 5.75 Å². The van der Waals surface area contributed by atoms with Gasteiger partial charge in [-0.25, -0.2) is 0 Å². The molecule has 0 atom stereocenters.